The van der Waals surface area contributed by atoms with Crippen LogP contribution in [0.25, 0.3) is 0 Å². The van der Waals surface area contributed by atoms with E-state index in [-0.39, 0.29) is 17.5 Å². The maximum Gasteiger partial charge on any atom is 0.153 e. The molecule has 0 aromatic rings. The highest BCUT2D eigenvalue weighted by Crippen LogP contribution is 2.15. The second-order valence-electron chi connectivity index (χ2n) is 4.94. The minimum atomic E-state index is -2.85. The van der Waals surface area contributed by atoms with Crippen LogP contribution < -0.4 is 5.32 Å². The molecule has 0 spiro atoms. The third-order valence-electron chi connectivity index (χ3n) is 3.51. The standard InChI is InChI=1S/C11H21N3O2S/c1-10-8-17(15,16)7-6-14(10)5-4-11(2,9-12)13-3/h10,13H,4-8H2,1-3H3. The first-order valence-corrected chi connectivity index (χ1v) is 7.69. The van der Waals surface area contributed by atoms with Crippen molar-refractivity contribution >= 4 is 9.84 Å². The molecule has 0 aliphatic carbocycles. The fraction of sp³-hybridized carbons (Fsp3) is 0.909. The van der Waals surface area contributed by atoms with Gasteiger partial charge in [-0.2, -0.15) is 5.26 Å². The summed E-state index contributed by atoms with van der Waals surface area (Å²) >= 11 is 0. The molecule has 0 amide bonds. The Bertz CT molecular complexity index is 401. The zero-order valence-electron chi connectivity index (χ0n) is 10.7. The molecule has 1 saturated heterocycles. The summed E-state index contributed by atoms with van der Waals surface area (Å²) in [5.41, 5.74) is -0.532. The molecule has 6 heteroatoms. The van der Waals surface area contributed by atoms with Crippen molar-refractivity contribution in [2.45, 2.75) is 31.8 Å². The van der Waals surface area contributed by atoms with Gasteiger partial charge in [0.1, 0.15) is 5.54 Å². The average Bonchev–Trinajstić information content (AvgIpc) is 2.26. The van der Waals surface area contributed by atoms with Crippen LogP contribution in [0.2, 0.25) is 0 Å². The second-order valence-corrected chi connectivity index (χ2v) is 7.17. The smallest absolute Gasteiger partial charge is 0.153 e. The van der Waals surface area contributed by atoms with Gasteiger partial charge in [0.25, 0.3) is 0 Å². The highest BCUT2D eigenvalue weighted by Gasteiger charge is 2.30. The molecule has 0 saturated carbocycles. The molecule has 1 aliphatic rings. The first-order valence-electron chi connectivity index (χ1n) is 5.86. The maximum atomic E-state index is 11.4. The van der Waals surface area contributed by atoms with Gasteiger partial charge >= 0.3 is 0 Å². The molecule has 2 atom stereocenters. The molecule has 1 fully saturated rings. The van der Waals surface area contributed by atoms with Crippen LogP contribution >= 0.6 is 0 Å². The van der Waals surface area contributed by atoms with Crippen LogP contribution in [-0.4, -0.2) is 56.5 Å². The average molecular weight is 259 g/mol. The molecule has 2 unspecified atom stereocenters. The van der Waals surface area contributed by atoms with Crippen molar-refractivity contribution in [1.29, 1.82) is 5.26 Å². The van der Waals surface area contributed by atoms with Gasteiger partial charge in [0.15, 0.2) is 9.84 Å². The van der Waals surface area contributed by atoms with Crippen LogP contribution in [0.4, 0.5) is 0 Å². The molecule has 17 heavy (non-hydrogen) atoms. The van der Waals surface area contributed by atoms with Crippen molar-refractivity contribution in [3.8, 4) is 6.07 Å². The van der Waals surface area contributed by atoms with Gasteiger partial charge in [0, 0.05) is 19.1 Å². The first-order chi connectivity index (χ1) is 7.82. The van der Waals surface area contributed by atoms with Gasteiger partial charge in [-0.05, 0) is 27.3 Å². The van der Waals surface area contributed by atoms with Crippen molar-refractivity contribution in [1.82, 2.24) is 10.2 Å². The molecule has 98 valence electrons. The molecule has 0 radical (unpaired) electrons. The minimum Gasteiger partial charge on any atom is -0.303 e. The molecule has 0 aromatic carbocycles. The number of hydrogen-bond acceptors (Lipinski definition) is 5. The van der Waals surface area contributed by atoms with Crippen molar-refractivity contribution in [3.05, 3.63) is 0 Å². The second kappa shape index (κ2) is 5.34. The van der Waals surface area contributed by atoms with E-state index in [0.29, 0.717) is 13.0 Å². The zero-order valence-corrected chi connectivity index (χ0v) is 11.5. The Balaban J connectivity index is 2.52. The van der Waals surface area contributed by atoms with Gasteiger partial charge in [-0.15, -0.1) is 0 Å². The fourth-order valence-corrected chi connectivity index (χ4v) is 3.59. The number of nitrogens with zero attached hydrogens (tertiary/aromatic N) is 2. The topological polar surface area (TPSA) is 73.2 Å². The summed E-state index contributed by atoms with van der Waals surface area (Å²) in [7, 11) is -1.08. The van der Waals surface area contributed by atoms with Gasteiger partial charge in [-0.1, -0.05) is 0 Å². The Morgan fingerprint density at radius 2 is 2.24 bits per heavy atom. The summed E-state index contributed by atoms with van der Waals surface area (Å²) in [6, 6.07) is 2.29. The van der Waals surface area contributed by atoms with E-state index in [9.17, 15) is 8.42 Å². The lowest BCUT2D eigenvalue weighted by molar-refractivity contribution is 0.208. The molecule has 1 aliphatic heterocycles. The quantitative estimate of drug-likeness (QED) is 0.769. The van der Waals surface area contributed by atoms with Gasteiger partial charge < -0.3 is 5.32 Å². The summed E-state index contributed by atoms with van der Waals surface area (Å²) in [6.07, 6.45) is 0.699. The third-order valence-corrected chi connectivity index (χ3v) is 5.30. The van der Waals surface area contributed by atoms with Crippen molar-refractivity contribution in [2.75, 3.05) is 31.6 Å². The van der Waals surface area contributed by atoms with Gasteiger partial charge in [0.05, 0.1) is 17.6 Å². The molecule has 0 aromatic heterocycles. The minimum absolute atomic E-state index is 0.0496. The lowest BCUT2D eigenvalue weighted by atomic mass is 10.00. The highest BCUT2D eigenvalue weighted by atomic mass is 32.2. The monoisotopic (exact) mass is 259 g/mol. The summed E-state index contributed by atoms with van der Waals surface area (Å²) in [4.78, 5) is 2.15. The van der Waals surface area contributed by atoms with Crippen molar-refractivity contribution < 1.29 is 8.42 Å². The number of rotatable bonds is 4. The lowest BCUT2D eigenvalue weighted by Gasteiger charge is -2.34. The number of hydrogen-bond donors (Lipinski definition) is 1. The Labute approximate surface area is 104 Å². The Hall–Kier alpha value is -0.640. The number of sulfone groups is 1. The van der Waals surface area contributed by atoms with Crippen LogP contribution in [-0.2, 0) is 9.84 Å². The van der Waals surface area contributed by atoms with Crippen LogP contribution in [0.15, 0.2) is 0 Å². The maximum absolute atomic E-state index is 11.4. The molecular weight excluding hydrogens is 238 g/mol. The van der Waals surface area contributed by atoms with Crippen LogP contribution in [0.1, 0.15) is 20.3 Å². The van der Waals surface area contributed by atoms with Crippen molar-refractivity contribution in [3.63, 3.8) is 0 Å². The van der Waals surface area contributed by atoms with Crippen LogP contribution in [0, 0.1) is 11.3 Å². The molecule has 1 heterocycles. The highest BCUT2D eigenvalue weighted by molar-refractivity contribution is 7.91. The Morgan fingerprint density at radius 3 is 2.71 bits per heavy atom. The van der Waals surface area contributed by atoms with E-state index >= 15 is 0 Å². The molecule has 5 nitrogen and oxygen atoms in total. The number of nitrogens with one attached hydrogen (secondary N) is 1. The Kier molecular flexibility index (Phi) is 4.53. The van der Waals surface area contributed by atoms with Crippen LogP contribution in [0.3, 0.4) is 0 Å². The predicted octanol–water partition coefficient (Wildman–Crippen LogP) is -0.00292. The van der Waals surface area contributed by atoms with Crippen LogP contribution in [0.5, 0.6) is 0 Å². The third kappa shape index (κ3) is 3.95. The van der Waals surface area contributed by atoms with E-state index in [1.54, 1.807) is 7.05 Å². The van der Waals surface area contributed by atoms with Gasteiger partial charge in [-0.25, -0.2) is 8.42 Å². The lowest BCUT2D eigenvalue weighted by Crippen LogP contribution is -2.49. The molecule has 0 bridgehead atoms. The first kappa shape index (κ1) is 14.4. The normalized spacial score (nSPS) is 28.2. The zero-order chi connectivity index (χ0) is 13.1. The van der Waals surface area contributed by atoms with E-state index in [1.807, 2.05) is 13.8 Å². The molecule has 1 N–H and O–H groups in total. The Morgan fingerprint density at radius 1 is 1.59 bits per heavy atom. The SMILES string of the molecule is CNC(C)(C#N)CCN1CCS(=O)(=O)CC1C. The summed E-state index contributed by atoms with van der Waals surface area (Å²) in [5, 5.41) is 12.0. The van der Waals surface area contributed by atoms with E-state index in [1.165, 1.54) is 0 Å². The number of nitriles is 1. The fourth-order valence-electron chi connectivity index (χ4n) is 1.97. The summed E-state index contributed by atoms with van der Waals surface area (Å²) in [6.45, 7) is 5.12. The van der Waals surface area contributed by atoms with Gasteiger partial charge in [0.2, 0.25) is 0 Å². The molecular formula is C11H21N3O2S. The summed E-state index contributed by atoms with van der Waals surface area (Å²) < 4.78 is 22.9. The van der Waals surface area contributed by atoms with E-state index in [4.69, 9.17) is 5.26 Å². The molecule has 1 rings (SSSR count). The largest absolute Gasteiger partial charge is 0.303 e. The van der Waals surface area contributed by atoms with Crippen molar-refractivity contribution in [2.24, 2.45) is 0 Å². The van der Waals surface area contributed by atoms with Gasteiger partial charge in [-0.3, -0.25) is 4.90 Å². The van der Waals surface area contributed by atoms with E-state index < -0.39 is 15.4 Å². The predicted molar refractivity (Wildman–Crippen MR) is 67.4 cm³/mol. The van der Waals surface area contributed by atoms with E-state index in [2.05, 4.69) is 16.3 Å². The van der Waals surface area contributed by atoms with E-state index in [0.717, 1.165) is 6.54 Å². The summed E-state index contributed by atoms with van der Waals surface area (Å²) in [5.74, 6) is 0.468.